The lowest BCUT2D eigenvalue weighted by Crippen LogP contribution is -2.44. The van der Waals surface area contributed by atoms with Gasteiger partial charge in [-0.2, -0.15) is 0 Å². The van der Waals surface area contributed by atoms with Crippen LogP contribution < -0.4 is 0 Å². The highest BCUT2D eigenvalue weighted by molar-refractivity contribution is 7.15. The Labute approximate surface area is 129 Å². The molecule has 0 radical (unpaired) electrons. The van der Waals surface area contributed by atoms with Gasteiger partial charge in [0.15, 0.2) is 0 Å². The average Bonchev–Trinajstić information content (AvgIpc) is 3.03. The van der Waals surface area contributed by atoms with Crippen molar-refractivity contribution in [1.29, 1.82) is 0 Å². The third-order valence-electron chi connectivity index (χ3n) is 4.52. The van der Waals surface area contributed by atoms with Gasteiger partial charge in [-0.3, -0.25) is 9.20 Å². The third-order valence-corrected chi connectivity index (χ3v) is 5.40. The number of aromatic nitrogens is 2. The molecule has 2 aromatic heterocycles. The molecular formula is C16H21N3OS. The van der Waals surface area contributed by atoms with E-state index in [0.29, 0.717) is 5.57 Å². The fourth-order valence-corrected chi connectivity index (χ4v) is 4.09. The number of rotatable bonds is 2. The summed E-state index contributed by atoms with van der Waals surface area (Å²) in [7, 11) is 0. The lowest BCUT2D eigenvalue weighted by atomic mass is 9.77. The Hall–Kier alpha value is -1.62. The Morgan fingerprint density at radius 2 is 2.10 bits per heavy atom. The monoisotopic (exact) mass is 303 g/mol. The SMILES string of the molecule is C=C(C)C(=O)N1CCC(C)(c2nc(C)n3ccsc23)CC1. The van der Waals surface area contributed by atoms with E-state index in [4.69, 9.17) is 4.98 Å². The molecule has 4 nitrogen and oxygen atoms in total. The number of aryl methyl sites for hydroxylation is 1. The molecule has 0 N–H and O–H groups in total. The number of thiazole rings is 1. The normalized spacial score (nSPS) is 18.1. The largest absolute Gasteiger partial charge is 0.339 e. The second-order valence-electron chi connectivity index (χ2n) is 6.22. The molecule has 5 heteroatoms. The van der Waals surface area contributed by atoms with Gasteiger partial charge in [0.1, 0.15) is 10.7 Å². The smallest absolute Gasteiger partial charge is 0.248 e. The molecule has 0 aromatic carbocycles. The van der Waals surface area contributed by atoms with Crippen molar-refractivity contribution in [2.45, 2.75) is 39.0 Å². The van der Waals surface area contributed by atoms with Gasteiger partial charge in [0.25, 0.3) is 0 Å². The Morgan fingerprint density at radius 1 is 1.43 bits per heavy atom. The van der Waals surface area contributed by atoms with Crippen molar-refractivity contribution in [1.82, 2.24) is 14.3 Å². The Balaban J connectivity index is 1.85. The van der Waals surface area contributed by atoms with Gasteiger partial charge in [-0.1, -0.05) is 13.5 Å². The molecule has 0 atom stereocenters. The summed E-state index contributed by atoms with van der Waals surface area (Å²) in [5, 5.41) is 2.11. The van der Waals surface area contributed by atoms with Crippen LogP contribution in [0.15, 0.2) is 23.7 Å². The standard InChI is InChI=1S/C16H21N3OS/c1-11(2)14(20)18-7-5-16(4,6-8-18)13-15-19(9-10-21-15)12(3)17-13/h9-10H,1,5-8H2,2-4H3. The van der Waals surface area contributed by atoms with Gasteiger partial charge in [0.2, 0.25) is 5.91 Å². The van der Waals surface area contributed by atoms with Gasteiger partial charge in [-0.05, 0) is 26.7 Å². The molecule has 21 heavy (non-hydrogen) atoms. The lowest BCUT2D eigenvalue weighted by molar-refractivity contribution is -0.128. The summed E-state index contributed by atoms with van der Waals surface area (Å²) >= 11 is 1.74. The number of carbonyl (C=O) groups is 1. The maximum absolute atomic E-state index is 12.0. The number of fused-ring (bicyclic) bond motifs is 1. The predicted octanol–water partition coefficient (Wildman–Crippen LogP) is 3.16. The van der Waals surface area contributed by atoms with E-state index in [-0.39, 0.29) is 11.3 Å². The van der Waals surface area contributed by atoms with Gasteiger partial charge in [-0.15, -0.1) is 11.3 Å². The molecular weight excluding hydrogens is 282 g/mol. The minimum absolute atomic E-state index is 0.0518. The Kier molecular flexibility index (Phi) is 3.40. The third kappa shape index (κ3) is 2.29. The summed E-state index contributed by atoms with van der Waals surface area (Å²) in [4.78, 5) is 20.0. The molecule has 3 rings (SSSR count). The summed E-state index contributed by atoms with van der Waals surface area (Å²) in [6.07, 6.45) is 3.99. The molecule has 1 saturated heterocycles. The van der Waals surface area contributed by atoms with Crippen LogP contribution in [0.5, 0.6) is 0 Å². The minimum Gasteiger partial charge on any atom is -0.339 e. The molecule has 0 unspecified atom stereocenters. The number of nitrogens with zero attached hydrogens (tertiary/aromatic N) is 3. The summed E-state index contributed by atoms with van der Waals surface area (Å²) < 4.78 is 2.16. The van der Waals surface area contributed by atoms with E-state index in [1.807, 2.05) is 11.8 Å². The number of carbonyl (C=O) groups excluding carboxylic acids is 1. The first-order chi connectivity index (χ1) is 9.92. The van der Waals surface area contributed by atoms with Crippen molar-refractivity contribution >= 4 is 22.1 Å². The summed E-state index contributed by atoms with van der Waals surface area (Å²) in [6, 6.07) is 0. The van der Waals surface area contributed by atoms with E-state index in [9.17, 15) is 4.79 Å². The molecule has 2 aromatic rings. The van der Waals surface area contributed by atoms with Gasteiger partial charge < -0.3 is 4.90 Å². The zero-order chi connectivity index (χ0) is 15.2. The number of likely N-dealkylation sites (tertiary alicyclic amines) is 1. The highest BCUT2D eigenvalue weighted by Crippen LogP contribution is 2.38. The minimum atomic E-state index is 0.0518. The maximum Gasteiger partial charge on any atom is 0.248 e. The molecule has 112 valence electrons. The average molecular weight is 303 g/mol. The molecule has 1 aliphatic heterocycles. The summed E-state index contributed by atoms with van der Waals surface area (Å²) in [5.74, 6) is 1.13. The second-order valence-corrected chi connectivity index (χ2v) is 7.11. The first kappa shape index (κ1) is 14.3. The molecule has 1 fully saturated rings. The van der Waals surface area contributed by atoms with Crippen LogP contribution in [0.25, 0.3) is 4.83 Å². The number of hydrogen-bond acceptors (Lipinski definition) is 3. The molecule has 0 spiro atoms. The van der Waals surface area contributed by atoms with Crippen LogP contribution >= 0.6 is 11.3 Å². The topological polar surface area (TPSA) is 37.6 Å². The highest BCUT2D eigenvalue weighted by atomic mass is 32.1. The molecule has 0 bridgehead atoms. The van der Waals surface area contributed by atoms with Crippen molar-refractivity contribution in [3.63, 3.8) is 0 Å². The van der Waals surface area contributed by atoms with Crippen LogP contribution in [0.2, 0.25) is 0 Å². The zero-order valence-corrected chi connectivity index (χ0v) is 13.7. The molecule has 0 saturated carbocycles. The van der Waals surface area contributed by atoms with Gasteiger partial charge >= 0.3 is 0 Å². The Morgan fingerprint density at radius 3 is 2.71 bits per heavy atom. The molecule has 3 heterocycles. The van der Waals surface area contributed by atoms with Crippen molar-refractivity contribution in [3.8, 4) is 0 Å². The molecule has 1 amide bonds. The first-order valence-corrected chi connectivity index (χ1v) is 8.18. The summed E-state index contributed by atoms with van der Waals surface area (Å²) in [6.45, 7) is 11.4. The predicted molar refractivity (Wildman–Crippen MR) is 85.8 cm³/mol. The highest BCUT2D eigenvalue weighted by Gasteiger charge is 2.37. The van der Waals surface area contributed by atoms with E-state index in [1.165, 1.54) is 10.5 Å². The fourth-order valence-electron chi connectivity index (χ4n) is 3.07. The zero-order valence-electron chi connectivity index (χ0n) is 12.8. The van der Waals surface area contributed by atoms with E-state index < -0.39 is 0 Å². The van der Waals surface area contributed by atoms with Crippen LogP contribution in [-0.4, -0.2) is 33.3 Å². The second kappa shape index (κ2) is 4.98. The molecule has 1 aliphatic rings. The first-order valence-electron chi connectivity index (χ1n) is 7.30. The number of imidazole rings is 1. The fraction of sp³-hybridized carbons (Fsp3) is 0.500. The van der Waals surface area contributed by atoms with Crippen molar-refractivity contribution < 1.29 is 4.79 Å². The quantitative estimate of drug-likeness (QED) is 0.799. The van der Waals surface area contributed by atoms with Gasteiger partial charge in [0, 0.05) is 35.7 Å². The van der Waals surface area contributed by atoms with Gasteiger partial charge in [-0.25, -0.2) is 4.98 Å². The van der Waals surface area contributed by atoms with Crippen molar-refractivity contribution in [2.24, 2.45) is 0 Å². The van der Waals surface area contributed by atoms with Crippen LogP contribution in [0, 0.1) is 6.92 Å². The summed E-state index contributed by atoms with van der Waals surface area (Å²) in [5.41, 5.74) is 1.87. The van der Waals surface area contributed by atoms with Crippen LogP contribution in [0.3, 0.4) is 0 Å². The van der Waals surface area contributed by atoms with Crippen LogP contribution in [0.4, 0.5) is 0 Å². The van der Waals surface area contributed by atoms with E-state index in [0.717, 1.165) is 31.8 Å². The van der Waals surface area contributed by atoms with E-state index >= 15 is 0 Å². The van der Waals surface area contributed by atoms with E-state index in [1.54, 1.807) is 18.3 Å². The maximum atomic E-state index is 12.0. The van der Waals surface area contributed by atoms with Crippen molar-refractivity contribution in [3.05, 3.63) is 35.2 Å². The lowest BCUT2D eigenvalue weighted by Gasteiger charge is -2.38. The van der Waals surface area contributed by atoms with Crippen LogP contribution in [-0.2, 0) is 10.2 Å². The van der Waals surface area contributed by atoms with Gasteiger partial charge in [0.05, 0.1) is 5.69 Å². The number of hydrogen-bond donors (Lipinski definition) is 0. The van der Waals surface area contributed by atoms with Crippen molar-refractivity contribution in [2.75, 3.05) is 13.1 Å². The van der Waals surface area contributed by atoms with E-state index in [2.05, 4.69) is 29.5 Å². The van der Waals surface area contributed by atoms with Crippen LogP contribution in [0.1, 0.15) is 38.2 Å². The number of piperidine rings is 1. The Bertz CT molecular complexity index is 704. The molecule has 0 aliphatic carbocycles. The number of amides is 1.